The Kier molecular flexibility index (Phi) is 7.08. The lowest BCUT2D eigenvalue weighted by atomic mass is 10.1. The second-order valence-electron chi connectivity index (χ2n) is 7.44. The second kappa shape index (κ2) is 9.81. The first kappa shape index (κ1) is 24.6. The normalized spacial score (nSPS) is 12.4. The number of hydrogen-bond donors (Lipinski definition) is 1. The van der Waals surface area contributed by atoms with Crippen molar-refractivity contribution in [2.24, 2.45) is 0 Å². The van der Waals surface area contributed by atoms with E-state index in [1.165, 1.54) is 55.5 Å². The molecule has 0 amide bonds. The summed E-state index contributed by atoms with van der Waals surface area (Å²) in [5.41, 5.74) is 1.73. The largest absolute Gasteiger partial charge is 0.479 e. The van der Waals surface area contributed by atoms with Gasteiger partial charge in [-0.2, -0.15) is 8.42 Å². The van der Waals surface area contributed by atoms with Gasteiger partial charge < -0.3 is 4.74 Å². The zero-order chi connectivity index (χ0) is 25.0. The maximum Gasteiger partial charge on any atom is 0.310 e. The quantitative estimate of drug-likeness (QED) is 0.194. The van der Waals surface area contributed by atoms with Crippen LogP contribution in [-0.4, -0.2) is 22.8 Å². The zero-order valence-corrected chi connectivity index (χ0v) is 18.9. The highest BCUT2D eigenvalue weighted by molar-refractivity contribution is 7.85. The third kappa shape index (κ3) is 5.82. The molecule has 0 saturated carbocycles. The van der Waals surface area contributed by atoms with E-state index >= 15 is 0 Å². The van der Waals surface area contributed by atoms with Crippen molar-refractivity contribution in [1.82, 2.24) is 0 Å². The van der Waals surface area contributed by atoms with Crippen molar-refractivity contribution in [3.63, 3.8) is 0 Å². The molecule has 0 heterocycles. The van der Waals surface area contributed by atoms with Gasteiger partial charge in [0, 0.05) is 23.8 Å². The molecule has 1 unspecified atom stereocenters. The number of non-ortho nitro benzene ring substituents is 1. The number of hydrogen-bond acceptors (Lipinski definition) is 7. The molecule has 176 valence electrons. The summed E-state index contributed by atoms with van der Waals surface area (Å²) in [7, 11) is -4.54. The first-order chi connectivity index (χ1) is 16.0. The van der Waals surface area contributed by atoms with Crippen LogP contribution in [-0.2, 0) is 10.1 Å². The van der Waals surface area contributed by atoms with Crippen molar-refractivity contribution in [3.8, 4) is 5.75 Å². The standard InChI is InChI=1S/C23H20N2O8S/c1-15-3-12-23(34(30,31)32)20(13-15)16(2)33-22-14-18(8-11-21(22)25(28)29)5-4-17-6-9-19(10-7-17)24(26)27/h3-14,16H,1-2H3,(H,30,31,32)/b5-4+. The van der Waals surface area contributed by atoms with Crippen molar-refractivity contribution in [3.05, 3.63) is 103 Å². The number of nitro benzene ring substituents is 2. The molecule has 0 saturated heterocycles. The maximum absolute atomic E-state index is 11.8. The van der Waals surface area contributed by atoms with Gasteiger partial charge in [0.25, 0.3) is 15.8 Å². The molecule has 0 fully saturated rings. The lowest BCUT2D eigenvalue weighted by Crippen LogP contribution is -2.11. The first-order valence-electron chi connectivity index (χ1n) is 9.91. The summed E-state index contributed by atoms with van der Waals surface area (Å²) in [6.07, 6.45) is 2.39. The van der Waals surface area contributed by atoms with Crippen molar-refractivity contribution >= 4 is 33.6 Å². The van der Waals surface area contributed by atoms with E-state index in [-0.39, 0.29) is 27.6 Å². The van der Waals surface area contributed by atoms with Gasteiger partial charge in [0.05, 0.1) is 9.85 Å². The highest BCUT2D eigenvalue weighted by atomic mass is 32.2. The minimum absolute atomic E-state index is 0.0439. The van der Waals surface area contributed by atoms with E-state index in [1.54, 1.807) is 31.2 Å². The average Bonchev–Trinajstić information content (AvgIpc) is 2.77. The van der Waals surface area contributed by atoms with E-state index in [9.17, 15) is 33.2 Å². The van der Waals surface area contributed by atoms with Crippen molar-refractivity contribution in [1.29, 1.82) is 0 Å². The molecule has 0 aliphatic rings. The predicted octanol–water partition coefficient (Wildman–Crippen LogP) is 5.37. The fraction of sp³-hybridized carbons (Fsp3) is 0.130. The molecule has 0 aliphatic carbocycles. The molecule has 3 aromatic carbocycles. The Labute approximate surface area is 195 Å². The topological polar surface area (TPSA) is 150 Å². The summed E-state index contributed by atoms with van der Waals surface area (Å²) in [6, 6.07) is 14.3. The molecule has 0 bridgehead atoms. The van der Waals surface area contributed by atoms with Crippen LogP contribution < -0.4 is 4.74 Å². The third-order valence-corrected chi connectivity index (χ3v) is 5.87. The number of rotatable bonds is 8. The number of ether oxygens (including phenoxy) is 1. The summed E-state index contributed by atoms with van der Waals surface area (Å²) >= 11 is 0. The highest BCUT2D eigenvalue weighted by Crippen LogP contribution is 2.34. The Hall–Kier alpha value is -4.09. The molecule has 1 N–H and O–H groups in total. The second-order valence-corrected chi connectivity index (χ2v) is 8.83. The van der Waals surface area contributed by atoms with E-state index in [4.69, 9.17) is 4.74 Å². The van der Waals surface area contributed by atoms with Gasteiger partial charge in [0.2, 0.25) is 0 Å². The third-order valence-electron chi connectivity index (χ3n) is 4.94. The average molecular weight is 484 g/mol. The lowest BCUT2D eigenvalue weighted by molar-refractivity contribution is -0.386. The van der Waals surface area contributed by atoms with E-state index in [2.05, 4.69) is 0 Å². The summed E-state index contributed by atoms with van der Waals surface area (Å²) < 4.78 is 38.9. The molecule has 34 heavy (non-hydrogen) atoms. The zero-order valence-electron chi connectivity index (χ0n) is 18.1. The van der Waals surface area contributed by atoms with Crippen molar-refractivity contribution < 1.29 is 27.6 Å². The van der Waals surface area contributed by atoms with Crippen LogP contribution >= 0.6 is 0 Å². The summed E-state index contributed by atoms with van der Waals surface area (Å²) in [4.78, 5) is 20.8. The van der Waals surface area contributed by atoms with Crippen LogP contribution in [0.3, 0.4) is 0 Å². The van der Waals surface area contributed by atoms with Gasteiger partial charge in [-0.3, -0.25) is 24.8 Å². The van der Waals surface area contributed by atoms with Crippen LogP contribution in [0.1, 0.15) is 35.3 Å². The molecular formula is C23H20N2O8S. The van der Waals surface area contributed by atoms with E-state index in [0.29, 0.717) is 16.7 Å². The van der Waals surface area contributed by atoms with E-state index in [1.807, 2.05) is 0 Å². The number of aryl methyl sites for hydroxylation is 1. The molecule has 11 heteroatoms. The molecule has 0 spiro atoms. The van der Waals surface area contributed by atoms with E-state index < -0.39 is 26.1 Å². The van der Waals surface area contributed by atoms with Gasteiger partial charge in [-0.15, -0.1) is 0 Å². The minimum Gasteiger partial charge on any atom is -0.479 e. The lowest BCUT2D eigenvalue weighted by Gasteiger charge is -2.18. The molecule has 10 nitrogen and oxygen atoms in total. The van der Waals surface area contributed by atoms with Crippen LogP contribution in [0.2, 0.25) is 0 Å². The minimum atomic E-state index is -4.54. The fourth-order valence-corrected chi connectivity index (χ4v) is 4.02. The van der Waals surface area contributed by atoms with Gasteiger partial charge in [-0.25, -0.2) is 0 Å². The number of nitro groups is 2. The molecule has 3 aromatic rings. The maximum atomic E-state index is 11.8. The van der Waals surface area contributed by atoms with Crippen LogP contribution in [0.4, 0.5) is 11.4 Å². The molecule has 1 atom stereocenters. The van der Waals surface area contributed by atoms with Crippen LogP contribution in [0.5, 0.6) is 5.75 Å². The fourth-order valence-electron chi connectivity index (χ4n) is 3.25. The molecular weight excluding hydrogens is 464 g/mol. The first-order valence-corrected chi connectivity index (χ1v) is 11.4. The number of benzene rings is 3. The van der Waals surface area contributed by atoms with Crippen molar-refractivity contribution in [2.45, 2.75) is 24.8 Å². The highest BCUT2D eigenvalue weighted by Gasteiger charge is 2.24. The molecule has 3 rings (SSSR count). The summed E-state index contributed by atoms with van der Waals surface area (Å²) in [5.74, 6) is -0.0915. The Balaban J connectivity index is 1.94. The predicted molar refractivity (Wildman–Crippen MR) is 125 cm³/mol. The monoisotopic (exact) mass is 484 g/mol. The Morgan fingerprint density at radius 3 is 2.12 bits per heavy atom. The summed E-state index contributed by atoms with van der Waals surface area (Å²) in [6.45, 7) is 3.25. The molecule has 0 radical (unpaired) electrons. The van der Waals surface area contributed by atoms with Gasteiger partial charge in [-0.05, 0) is 55.3 Å². The van der Waals surface area contributed by atoms with Crippen LogP contribution in [0.15, 0.2) is 65.6 Å². The Morgan fingerprint density at radius 2 is 1.53 bits per heavy atom. The Morgan fingerprint density at radius 1 is 0.912 bits per heavy atom. The molecule has 0 aromatic heterocycles. The van der Waals surface area contributed by atoms with E-state index in [0.717, 1.165) is 0 Å². The van der Waals surface area contributed by atoms with Crippen LogP contribution in [0, 0.1) is 27.2 Å². The smallest absolute Gasteiger partial charge is 0.310 e. The summed E-state index contributed by atoms with van der Waals surface area (Å²) in [5, 5.41) is 22.3. The van der Waals surface area contributed by atoms with Crippen LogP contribution in [0.25, 0.3) is 12.2 Å². The molecule has 0 aliphatic heterocycles. The SMILES string of the molecule is Cc1ccc(S(=O)(=O)O)c(C(C)Oc2cc(/C=C/c3ccc([N+](=O)[O-])cc3)ccc2[N+](=O)[O-])c1. The van der Waals surface area contributed by atoms with Gasteiger partial charge in [0.1, 0.15) is 11.0 Å². The number of nitrogens with zero attached hydrogens (tertiary/aromatic N) is 2. The van der Waals surface area contributed by atoms with Gasteiger partial charge in [-0.1, -0.05) is 29.8 Å². The van der Waals surface area contributed by atoms with Gasteiger partial charge in [0.15, 0.2) is 5.75 Å². The van der Waals surface area contributed by atoms with Gasteiger partial charge >= 0.3 is 5.69 Å². The van der Waals surface area contributed by atoms with Crippen molar-refractivity contribution in [2.75, 3.05) is 0 Å². The Bertz CT molecular complexity index is 1380.